The predicted octanol–water partition coefficient (Wildman–Crippen LogP) is 2.21. The zero-order valence-corrected chi connectivity index (χ0v) is 15.4. The van der Waals surface area contributed by atoms with E-state index >= 15 is 0 Å². The number of fused-ring (bicyclic) bond motifs is 1. The van der Waals surface area contributed by atoms with E-state index in [2.05, 4.69) is 21.9 Å². The molecule has 0 spiro atoms. The topological polar surface area (TPSA) is 108 Å². The van der Waals surface area contributed by atoms with Crippen molar-refractivity contribution in [1.29, 1.82) is 0 Å². The van der Waals surface area contributed by atoms with Crippen molar-refractivity contribution in [3.63, 3.8) is 0 Å². The molecule has 0 saturated heterocycles. The molecule has 0 unspecified atom stereocenters. The van der Waals surface area contributed by atoms with Crippen molar-refractivity contribution in [2.24, 2.45) is 0 Å². The van der Waals surface area contributed by atoms with E-state index in [1.807, 2.05) is 6.92 Å². The number of unbranched alkanes of at least 4 members (excludes halogenated alkanes) is 1. The number of para-hydroxylation sites is 1. The van der Waals surface area contributed by atoms with Gasteiger partial charge in [-0.25, -0.2) is 8.42 Å². The number of hydrogen-bond donors (Lipinski definition) is 3. The van der Waals surface area contributed by atoms with Crippen LogP contribution in [0.3, 0.4) is 0 Å². The first-order chi connectivity index (χ1) is 11.7. The van der Waals surface area contributed by atoms with E-state index in [1.165, 1.54) is 12.1 Å². The highest BCUT2D eigenvalue weighted by Gasteiger charge is 2.15. The van der Waals surface area contributed by atoms with E-state index in [0.717, 1.165) is 25.5 Å². The second-order valence-corrected chi connectivity index (χ2v) is 7.91. The van der Waals surface area contributed by atoms with E-state index in [0.29, 0.717) is 5.39 Å². The van der Waals surface area contributed by atoms with E-state index in [-0.39, 0.29) is 28.4 Å². The fraction of sp³-hybridized carbons (Fsp3) is 0.412. The summed E-state index contributed by atoms with van der Waals surface area (Å²) in [6, 6.07) is 5.90. The first-order valence-corrected chi connectivity index (χ1v) is 10.0. The van der Waals surface area contributed by atoms with E-state index in [1.54, 1.807) is 12.1 Å². The maximum Gasteiger partial charge on any atom is 0.268 e. The Morgan fingerprint density at radius 1 is 1.32 bits per heavy atom. The molecule has 2 rings (SSSR count). The molecule has 0 saturated carbocycles. The monoisotopic (exact) mass is 365 g/mol. The Kier molecular flexibility index (Phi) is 5.84. The predicted molar refractivity (Wildman–Crippen MR) is 99.5 cm³/mol. The number of sulfonamides is 1. The maximum absolute atomic E-state index is 12.4. The molecule has 1 aromatic heterocycles. The maximum atomic E-state index is 12.4. The third-order valence-electron chi connectivity index (χ3n) is 3.77. The third kappa shape index (κ3) is 5.06. The summed E-state index contributed by atoms with van der Waals surface area (Å²) in [5.41, 5.74) is 0.262. The minimum atomic E-state index is -3.52. The van der Waals surface area contributed by atoms with Crippen molar-refractivity contribution in [3.05, 3.63) is 40.2 Å². The number of nitrogens with one attached hydrogen (secondary N) is 3. The normalized spacial score (nSPS) is 12.8. The van der Waals surface area contributed by atoms with E-state index < -0.39 is 15.9 Å². The van der Waals surface area contributed by atoms with Gasteiger partial charge >= 0.3 is 0 Å². The van der Waals surface area contributed by atoms with Crippen LogP contribution in [0.25, 0.3) is 10.9 Å². The molecular weight excluding hydrogens is 342 g/mol. The van der Waals surface area contributed by atoms with Gasteiger partial charge < -0.3 is 10.3 Å². The van der Waals surface area contributed by atoms with Crippen LogP contribution in [0.2, 0.25) is 0 Å². The van der Waals surface area contributed by atoms with Gasteiger partial charge in [-0.05, 0) is 25.5 Å². The molecule has 7 nitrogen and oxygen atoms in total. The number of aromatic nitrogens is 1. The molecule has 0 radical (unpaired) electrons. The van der Waals surface area contributed by atoms with E-state index in [9.17, 15) is 18.0 Å². The van der Waals surface area contributed by atoms with Gasteiger partial charge in [0.2, 0.25) is 10.0 Å². The van der Waals surface area contributed by atoms with Crippen LogP contribution in [0, 0.1) is 0 Å². The van der Waals surface area contributed by atoms with Gasteiger partial charge in [0.1, 0.15) is 5.69 Å². The number of benzene rings is 1. The van der Waals surface area contributed by atoms with Crippen LogP contribution in [0.1, 0.15) is 43.6 Å². The summed E-state index contributed by atoms with van der Waals surface area (Å²) in [6.45, 7) is 3.98. The Hall–Kier alpha value is -2.35. The van der Waals surface area contributed by atoms with Gasteiger partial charge in [0, 0.05) is 17.5 Å². The molecule has 0 bridgehead atoms. The van der Waals surface area contributed by atoms with Gasteiger partial charge in [-0.3, -0.25) is 14.3 Å². The Balaban J connectivity index is 2.41. The van der Waals surface area contributed by atoms with Crippen molar-refractivity contribution in [2.45, 2.75) is 39.2 Å². The summed E-state index contributed by atoms with van der Waals surface area (Å²) < 4.78 is 25.4. The minimum Gasteiger partial charge on any atom is -0.349 e. The van der Waals surface area contributed by atoms with Crippen LogP contribution < -0.4 is 15.5 Å². The molecule has 0 aliphatic rings. The number of H-pyrrole nitrogens is 1. The van der Waals surface area contributed by atoms with Crippen molar-refractivity contribution >= 4 is 32.5 Å². The van der Waals surface area contributed by atoms with Gasteiger partial charge in [-0.1, -0.05) is 25.8 Å². The van der Waals surface area contributed by atoms with Gasteiger partial charge in [-0.15, -0.1) is 0 Å². The molecule has 2 aromatic rings. The Labute approximate surface area is 146 Å². The first-order valence-electron chi connectivity index (χ1n) is 8.16. The van der Waals surface area contributed by atoms with Crippen molar-refractivity contribution in [1.82, 2.24) is 10.3 Å². The minimum absolute atomic E-state index is 0.0176. The van der Waals surface area contributed by atoms with Crippen LogP contribution in [0.4, 0.5) is 5.69 Å². The zero-order valence-electron chi connectivity index (χ0n) is 14.5. The molecule has 0 aliphatic heterocycles. The van der Waals surface area contributed by atoms with E-state index in [4.69, 9.17) is 0 Å². The molecule has 1 atom stereocenters. The lowest BCUT2D eigenvalue weighted by Crippen LogP contribution is -2.33. The number of hydrogen-bond acceptors (Lipinski definition) is 4. The van der Waals surface area contributed by atoms with Crippen LogP contribution in [-0.2, 0) is 10.0 Å². The number of pyridine rings is 1. The zero-order chi connectivity index (χ0) is 18.6. The summed E-state index contributed by atoms with van der Waals surface area (Å²) in [6.07, 6.45) is 3.91. The molecule has 3 N–H and O–H groups in total. The Morgan fingerprint density at radius 3 is 2.68 bits per heavy atom. The average molecular weight is 365 g/mol. The summed E-state index contributed by atoms with van der Waals surface area (Å²) >= 11 is 0. The molecule has 0 fully saturated rings. The second-order valence-electron chi connectivity index (χ2n) is 6.17. The first kappa shape index (κ1) is 19.0. The number of aromatic amines is 1. The number of carbonyl (C=O) groups is 1. The highest BCUT2D eigenvalue weighted by molar-refractivity contribution is 7.92. The van der Waals surface area contributed by atoms with Crippen molar-refractivity contribution < 1.29 is 13.2 Å². The van der Waals surface area contributed by atoms with Crippen LogP contribution in [-0.4, -0.2) is 31.6 Å². The largest absolute Gasteiger partial charge is 0.349 e. The average Bonchev–Trinajstić information content (AvgIpc) is 2.52. The quantitative estimate of drug-likeness (QED) is 0.699. The highest BCUT2D eigenvalue weighted by atomic mass is 32.2. The summed E-state index contributed by atoms with van der Waals surface area (Å²) in [7, 11) is -3.52. The fourth-order valence-electron chi connectivity index (χ4n) is 2.56. The lowest BCUT2D eigenvalue weighted by Gasteiger charge is -2.14. The number of amides is 1. The van der Waals surface area contributed by atoms with Gasteiger partial charge in [0.05, 0.1) is 17.5 Å². The lowest BCUT2D eigenvalue weighted by atomic mass is 10.1. The number of rotatable bonds is 7. The lowest BCUT2D eigenvalue weighted by molar-refractivity contribution is 0.0933. The Morgan fingerprint density at radius 2 is 2.04 bits per heavy atom. The fourth-order valence-corrected chi connectivity index (χ4v) is 3.13. The molecule has 1 aromatic carbocycles. The molecule has 1 amide bonds. The standard InChI is InChI=1S/C17H23N3O4S/c1-4-5-7-11(2)18-17(22)14-10-15(21)12-8-6-9-13(16(12)19-14)20-25(3,23)24/h6,8-11,20H,4-5,7H2,1-3H3,(H,18,22)(H,19,21)/t11-/m0/s1. The molecule has 1 heterocycles. The summed E-state index contributed by atoms with van der Waals surface area (Å²) in [5, 5.41) is 3.15. The van der Waals surface area contributed by atoms with Crippen molar-refractivity contribution in [2.75, 3.05) is 11.0 Å². The molecule has 25 heavy (non-hydrogen) atoms. The van der Waals surface area contributed by atoms with Gasteiger partial charge in [-0.2, -0.15) is 0 Å². The molecular formula is C17H23N3O4S. The smallest absolute Gasteiger partial charge is 0.268 e. The second kappa shape index (κ2) is 7.69. The Bertz CT molecular complexity index is 935. The van der Waals surface area contributed by atoms with Crippen molar-refractivity contribution in [3.8, 4) is 0 Å². The molecule has 0 aliphatic carbocycles. The number of anilines is 1. The van der Waals surface area contributed by atoms with Crippen LogP contribution in [0.5, 0.6) is 0 Å². The van der Waals surface area contributed by atoms with Gasteiger partial charge in [0.25, 0.3) is 5.91 Å². The summed E-state index contributed by atoms with van der Waals surface area (Å²) in [4.78, 5) is 27.6. The highest BCUT2D eigenvalue weighted by Crippen LogP contribution is 2.20. The molecule has 136 valence electrons. The van der Waals surface area contributed by atoms with Crippen LogP contribution in [0.15, 0.2) is 29.1 Å². The SMILES string of the molecule is CCCC[C@H](C)NC(=O)c1cc(=O)c2cccc(NS(C)(=O)=O)c2[nH]1. The number of carbonyl (C=O) groups excluding carboxylic acids is 1. The molecule has 8 heteroatoms. The van der Waals surface area contributed by atoms with Gasteiger partial charge in [0.15, 0.2) is 5.43 Å². The third-order valence-corrected chi connectivity index (χ3v) is 4.36. The summed E-state index contributed by atoms with van der Waals surface area (Å²) in [5.74, 6) is -0.392. The van der Waals surface area contributed by atoms with Crippen LogP contribution >= 0.6 is 0 Å².